The molecular weight excluding hydrogens is 482 g/mol. The number of ether oxygens (including phenoxy) is 1. The topological polar surface area (TPSA) is 46.6 Å². The van der Waals surface area contributed by atoms with Crippen LogP contribution in [0.3, 0.4) is 0 Å². The zero-order chi connectivity index (χ0) is 27.3. The average molecular weight is 520 g/mol. The lowest BCUT2D eigenvalue weighted by atomic mass is 9.88. The molecule has 0 fully saturated rings. The SMILES string of the molecule is CCCC(=O)Oc1ccccc1CCCN(CCC(c1ccccc1)c1ccccc1)C(=O)c1ccccc1. The summed E-state index contributed by atoms with van der Waals surface area (Å²) in [5.74, 6) is 0.638. The monoisotopic (exact) mass is 519 g/mol. The van der Waals surface area contributed by atoms with Crippen LogP contribution < -0.4 is 4.74 Å². The van der Waals surface area contributed by atoms with Gasteiger partial charge in [0.25, 0.3) is 5.91 Å². The number of amides is 1. The van der Waals surface area contributed by atoms with Crippen molar-refractivity contribution in [3.8, 4) is 5.75 Å². The van der Waals surface area contributed by atoms with Gasteiger partial charge in [0.1, 0.15) is 5.75 Å². The Bertz CT molecular complexity index is 1270. The second kappa shape index (κ2) is 14.7. The smallest absolute Gasteiger partial charge is 0.311 e. The number of para-hydroxylation sites is 1. The van der Waals surface area contributed by atoms with Gasteiger partial charge in [0, 0.05) is 31.0 Å². The molecule has 0 aliphatic carbocycles. The second-order valence-electron chi connectivity index (χ2n) is 9.76. The Morgan fingerprint density at radius 2 is 1.28 bits per heavy atom. The molecule has 4 nitrogen and oxygen atoms in total. The van der Waals surface area contributed by atoms with E-state index in [0.29, 0.717) is 30.8 Å². The minimum absolute atomic E-state index is 0.0399. The van der Waals surface area contributed by atoms with Gasteiger partial charge < -0.3 is 9.64 Å². The van der Waals surface area contributed by atoms with E-state index in [2.05, 4.69) is 48.5 Å². The molecule has 0 aliphatic rings. The predicted octanol–water partition coefficient (Wildman–Crippen LogP) is 7.69. The van der Waals surface area contributed by atoms with E-state index >= 15 is 0 Å². The molecule has 0 unspecified atom stereocenters. The van der Waals surface area contributed by atoms with Gasteiger partial charge in [-0.25, -0.2) is 0 Å². The number of carbonyl (C=O) groups is 2. The quantitative estimate of drug-likeness (QED) is 0.134. The molecule has 39 heavy (non-hydrogen) atoms. The molecule has 0 saturated carbocycles. The van der Waals surface area contributed by atoms with Crippen molar-refractivity contribution in [2.24, 2.45) is 0 Å². The molecular formula is C35H37NO3. The molecule has 0 spiro atoms. The van der Waals surface area contributed by atoms with Crippen LogP contribution in [-0.4, -0.2) is 29.9 Å². The summed E-state index contributed by atoms with van der Waals surface area (Å²) < 4.78 is 5.62. The number of rotatable bonds is 13. The summed E-state index contributed by atoms with van der Waals surface area (Å²) >= 11 is 0. The van der Waals surface area contributed by atoms with Crippen molar-refractivity contribution in [3.63, 3.8) is 0 Å². The average Bonchev–Trinajstić information content (AvgIpc) is 2.98. The van der Waals surface area contributed by atoms with Crippen molar-refractivity contribution in [1.29, 1.82) is 0 Å². The predicted molar refractivity (Wildman–Crippen MR) is 157 cm³/mol. The Labute approximate surface area is 232 Å². The van der Waals surface area contributed by atoms with Crippen LogP contribution in [-0.2, 0) is 11.2 Å². The summed E-state index contributed by atoms with van der Waals surface area (Å²) in [6.07, 6.45) is 3.46. The third kappa shape index (κ3) is 8.15. The Kier molecular flexibility index (Phi) is 10.5. The van der Waals surface area contributed by atoms with Gasteiger partial charge in [-0.3, -0.25) is 9.59 Å². The highest BCUT2D eigenvalue weighted by atomic mass is 16.5. The third-order valence-corrected chi connectivity index (χ3v) is 6.92. The molecule has 0 aromatic heterocycles. The maximum absolute atomic E-state index is 13.6. The summed E-state index contributed by atoms with van der Waals surface area (Å²) in [5.41, 5.74) is 4.18. The van der Waals surface area contributed by atoms with Crippen LogP contribution in [0, 0.1) is 0 Å². The number of hydrogen-bond acceptors (Lipinski definition) is 3. The van der Waals surface area contributed by atoms with Gasteiger partial charge in [-0.05, 0) is 60.6 Å². The van der Waals surface area contributed by atoms with Crippen molar-refractivity contribution >= 4 is 11.9 Å². The van der Waals surface area contributed by atoms with E-state index in [-0.39, 0.29) is 17.8 Å². The van der Waals surface area contributed by atoms with E-state index in [1.165, 1.54) is 11.1 Å². The number of carbonyl (C=O) groups excluding carboxylic acids is 2. The van der Waals surface area contributed by atoms with E-state index in [0.717, 1.165) is 31.2 Å². The Balaban J connectivity index is 1.49. The molecule has 0 aliphatic heterocycles. The molecule has 4 aromatic rings. The van der Waals surface area contributed by atoms with Crippen LogP contribution in [0.2, 0.25) is 0 Å². The molecule has 0 radical (unpaired) electrons. The first-order valence-electron chi connectivity index (χ1n) is 13.9. The Morgan fingerprint density at radius 1 is 0.718 bits per heavy atom. The number of aryl methyl sites for hydroxylation is 1. The maximum Gasteiger partial charge on any atom is 0.311 e. The van der Waals surface area contributed by atoms with E-state index in [4.69, 9.17) is 4.74 Å². The number of nitrogens with zero attached hydrogens (tertiary/aromatic N) is 1. The largest absolute Gasteiger partial charge is 0.426 e. The summed E-state index contributed by atoms with van der Waals surface area (Å²) in [5, 5.41) is 0. The molecule has 4 heteroatoms. The number of benzene rings is 4. The van der Waals surface area contributed by atoms with Crippen LogP contribution in [0.25, 0.3) is 0 Å². The molecule has 4 rings (SSSR count). The summed E-state index contributed by atoms with van der Waals surface area (Å²) in [7, 11) is 0. The van der Waals surface area contributed by atoms with E-state index < -0.39 is 0 Å². The fourth-order valence-corrected chi connectivity index (χ4v) is 4.91. The molecule has 0 atom stereocenters. The molecule has 4 aromatic carbocycles. The maximum atomic E-state index is 13.6. The third-order valence-electron chi connectivity index (χ3n) is 6.92. The molecule has 0 heterocycles. The molecule has 200 valence electrons. The van der Waals surface area contributed by atoms with Gasteiger partial charge in [-0.15, -0.1) is 0 Å². The fourth-order valence-electron chi connectivity index (χ4n) is 4.91. The Hall–Kier alpha value is -4.18. The summed E-state index contributed by atoms with van der Waals surface area (Å²) in [6, 6.07) is 38.2. The van der Waals surface area contributed by atoms with Crippen molar-refractivity contribution < 1.29 is 14.3 Å². The zero-order valence-corrected chi connectivity index (χ0v) is 22.7. The highest BCUT2D eigenvalue weighted by molar-refractivity contribution is 5.94. The lowest BCUT2D eigenvalue weighted by molar-refractivity contribution is -0.134. The lowest BCUT2D eigenvalue weighted by Crippen LogP contribution is -2.34. The van der Waals surface area contributed by atoms with Crippen molar-refractivity contribution in [3.05, 3.63) is 138 Å². The minimum Gasteiger partial charge on any atom is -0.426 e. The van der Waals surface area contributed by atoms with Gasteiger partial charge in [-0.1, -0.05) is 104 Å². The van der Waals surface area contributed by atoms with Crippen molar-refractivity contribution in [1.82, 2.24) is 4.90 Å². The van der Waals surface area contributed by atoms with Gasteiger partial charge in [0.15, 0.2) is 0 Å². The van der Waals surface area contributed by atoms with Gasteiger partial charge >= 0.3 is 5.97 Å². The first-order chi connectivity index (χ1) is 19.2. The standard InChI is InChI=1S/C35H37NO3/c1-2-15-34(37)39-33-24-13-12-20-30(33)23-14-26-36(35(38)31-21-10-5-11-22-31)27-25-32(28-16-6-3-7-17-28)29-18-8-4-9-19-29/h3-13,16-22,24,32H,2,14-15,23,25-27H2,1H3. The molecule has 0 saturated heterocycles. The fraction of sp³-hybridized carbons (Fsp3) is 0.257. The summed E-state index contributed by atoms with van der Waals surface area (Å²) in [6.45, 7) is 3.21. The van der Waals surface area contributed by atoms with Crippen LogP contribution in [0.15, 0.2) is 115 Å². The van der Waals surface area contributed by atoms with Gasteiger partial charge in [-0.2, -0.15) is 0 Å². The summed E-state index contributed by atoms with van der Waals surface area (Å²) in [4.78, 5) is 27.7. The number of hydrogen-bond donors (Lipinski definition) is 0. The zero-order valence-electron chi connectivity index (χ0n) is 22.7. The Morgan fingerprint density at radius 3 is 1.90 bits per heavy atom. The highest BCUT2D eigenvalue weighted by Crippen LogP contribution is 2.28. The van der Waals surface area contributed by atoms with E-state index in [9.17, 15) is 9.59 Å². The van der Waals surface area contributed by atoms with E-state index in [1.807, 2.05) is 78.6 Å². The first kappa shape index (κ1) is 27.8. The molecule has 1 amide bonds. The van der Waals surface area contributed by atoms with Crippen LogP contribution in [0.4, 0.5) is 0 Å². The second-order valence-corrected chi connectivity index (χ2v) is 9.76. The van der Waals surface area contributed by atoms with Crippen LogP contribution >= 0.6 is 0 Å². The number of esters is 1. The molecule has 0 N–H and O–H groups in total. The van der Waals surface area contributed by atoms with Crippen molar-refractivity contribution in [2.45, 2.75) is 44.9 Å². The van der Waals surface area contributed by atoms with Crippen LogP contribution in [0.1, 0.15) is 65.6 Å². The van der Waals surface area contributed by atoms with Gasteiger partial charge in [0.05, 0.1) is 0 Å². The highest BCUT2D eigenvalue weighted by Gasteiger charge is 2.20. The molecule has 0 bridgehead atoms. The van der Waals surface area contributed by atoms with Crippen LogP contribution in [0.5, 0.6) is 5.75 Å². The lowest BCUT2D eigenvalue weighted by Gasteiger charge is -2.26. The van der Waals surface area contributed by atoms with Crippen molar-refractivity contribution in [2.75, 3.05) is 13.1 Å². The first-order valence-corrected chi connectivity index (χ1v) is 13.9. The minimum atomic E-state index is -0.210. The normalized spacial score (nSPS) is 10.8. The van der Waals surface area contributed by atoms with Gasteiger partial charge in [0.2, 0.25) is 0 Å². The van der Waals surface area contributed by atoms with E-state index in [1.54, 1.807) is 0 Å².